The number of hydrogen-bond donors (Lipinski definition) is 1. The van der Waals surface area contributed by atoms with Crippen molar-refractivity contribution in [3.05, 3.63) is 23.8 Å². The van der Waals surface area contributed by atoms with Crippen LogP contribution in [-0.2, 0) is 4.74 Å². The molecule has 110 valence electrons. The summed E-state index contributed by atoms with van der Waals surface area (Å²) in [5, 5.41) is 2.81. The third kappa shape index (κ3) is 4.27. The maximum absolute atomic E-state index is 11.8. The lowest BCUT2D eigenvalue weighted by molar-refractivity contribution is -0.00295. The van der Waals surface area contributed by atoms with Crippen molar-refractivity contribution in [3.8, 4) is 0 Å². The molecule has 0 aliphatic heterocycles. The van der Waals surface area contributed by atoms with Gasteiger partial charge in [-0.15, -0.1) is 0 Å². The molecule has 0 bridgehead atoms. The van der Waals surface area contributed by atoms with Gasteiger partial charge in [0.25, 0.3) is 5.91 Å². The molecule has 1 aliphatic carbocycles. The summed E-state index contributed by atoms with van der Waals surface area (Å²) in [6.45, 7) is 5.15. The van der Waals surface area contributed by atoms with Crippen molar-refractivity contribution >= 4 is 5.91 Å². The zero-order valence-electron chi connectivity index (χ0n) is 12.3. The van der Waals surface area contributed by atoms with Gasteiger partial charge in [-0.2, -0.15) is 0 Å². The predicted molar refractivity (Wildman–Crippen MR) is 76.5 cm³/mol. The normalized spacial score (nSPS) is 22.5. The van der Waals surface area contributed by atoms with Crippen LogP contribution in [0.5, 0.6) is 0 Å². The maximum atomic E-state index is 11.8. The van der Waals surface area contributed by atoms with Gasteiger partial charge >= 0.3 is 0 Å². The van der Waals surface area contributed by atoms with Gasteiger partial charge < -0.3 is 10.1 Å². The van der Waals surface area contributed by atoms with Gasteiger partial charge in [-0.3, -0.25) is 9.78 Å². The van der Waals surface area contributed by atoms with Gasteiger partial charge in [0.05, 0.1) is 24.6 Å². The molecule has 5 heteroatoms. The summed E-state index contributed by atoms with van der Waals surface area (Å²) in [7, 11) is 0. The van der Waals surface area contributed by atoms with Crippen LogP contribution < -0.4 is 5.32 Å². The van der Waals surface area contributed by atoms with E-state index in [0.717, 1.165) is 12.1 Å². The first-order valence-electron chi connectivity index (χ1n) is 7.35. The van der Waals surface area contributed by atoms with Crippen LogP contribution in [0.1, 0.15) is 48.8 Å². The Bertz CT molecular complexity index is 433. The average Bonchev–Trinajstić information content (AvgIpc) is 2.46. The Morgan fingerprint density at radius 1 is 1.35 bits per heavy atom. The standard InChI is InChI=1S/C15H23N3O2/c1-11-5-3-4-6-14(11)20-8-7-16-15(19)13-10-17-12(2)9-18-13/h9-11,14H,3-8H2,1-2H3,(H,16,19)/t11-,14+/m1/s1. The van der Waals surface area contributed by atoms with Crippen LogP contribution in [0.2, 0.25) is 0 Å². The van der Waals surface area contributed by atoms with Crippen LogP contribution in [0.15, 0.2) is 12.4 Å². The monoisotopic (exact) mass is 277 g/mol. The summed E-state index contributed by atoms with van der Waals surface area (Å²) in [5.74, 6) is 0.431. The average molecular weight is 277 g/mol. The molecule has 1 amide bonds. The molecule has 1 fully saturated rings. The van der Waals surface area contributed by atoms with Gasteiger partial charge in [-0.25, -0.2) is 4.98 Å². The zero-order valence-corrected chi connectivity index (χ0v) is 12.3. The molecular weight excluding hydrogens is 254 g/mol. The van der Waals surface area contributed by atoms with Gasteiger partial charge in [0.15, 0.2) is 0 Å². The minimum absolute atomic E-state index is 0.196. The smallest absolute Gasteiger partial charge is 0.271 e. The second-order valence-corrected chi connectivity index (χ2v) is 5.47. The molecule has 1 saturated carbocycles. The van der Waals surface area contributed by atoms with E-state index in [1.165, 1.54) is 25.5 Å². The first-order chi connectivity index (χ1) is 9.66. The first kappa shape index (κ1) is 14.9. The number of nitrogens with zero attached hydrogens (tertiary/aromatic N) is 2. The van der Waals surface area contributed by atoms with Gasteiger partial charge in [0.1, 0.15) is 5.69 Å². The number of aryl methyl sites for hydroxylation is 1. The Morgan fingerprint density at radius 2 is 2.15 bits per heavy atom. The molecule has 20 heavy (non-hydrogen) atoms. The molecule has 1 N–H and O–H groups in total. The Morgan fingerprint density at radius 3 is 2.85 bits per heavy atom. The highest BCUT2D eigenvalue weighted by Gasteiger charge is 2.21. The van der Waals surface area contributed by atoms with Crippen LogP contribution in [0.25, 0.3) is 0 Å². The number of carbonyl (C=O) groups excluding carboxylic acids is 1. The summed E-state index contributed by atoms with van der Waals surface area (Å²) in [6, 6.07) is 0. The van der Waals surface area contributed by atoms with Crippen LogP contribution in [0.4, 0.5) is 0 Å². The third-order valence-corrected chi connectivity index (χ3v) is 3.77. The van der Waals surface area contributed by atoms with E-state index >= 15 is 0 Å². The van der Waals surface area contributed by atoms with Crippen LogP contribution in [0, 0.1) is 12.8 Å². The summed E-state index contributed by atoms with van der Waals surface area (Å²) in [4.78, 5) is 19.9. The highest BCUT2D eigenvalue weighted by molar-refractivity contribution is 5.91. The topological polar surface area (TPSA) is 64.1 Å². The number of carbonyl (C=O) groups is 1. The summed E-state index contributed by atoms with van der Waals surface area (Å²) >= 11 is 0. The van der Waals surface area contributed by atoms with Crippen molar-refractivity contribution in [1.82, 2.24) is 15.3 Å². The zero-order chi connectivity index (χ0) is 14.4. The maximum Gasteiger partial charge on any atom is 0.271 e. The highest BCUT2D eigenvalue weighted by atomic mass is 16.5. The molecule has 0 unspecified atom stereocenters. The van der Waals surface area contributed by atoms with Crippen molar-refractivity contribution in [3.63, 3.8) is 0 Å². The van der Waals surface area contributed by atoms with Crippen molar-refractivity contribution in [1.29, 1.82) is 0 Å². The van der Waals surface area contributed by atoms with E-state index in [1.807, 2.05) is 6.92 Å². The van der Waals surface area contributed by atoms with E-state index in [0.29, 0.717) is 30.9 Å². The molecule has 5 nitrogen and oxygen atoms in total. The van der Waals surface area contributed by atoms with Crippen molar-refractivity contribution < 1.29 is 9.53 Å². The quantitative estimate of drug-likeness (QED) is 0.837. The van der Waals surface area contributed by atoms with Gasteiger partial charge in [0.2, 0.25) is 0 Å². The Hall–Kier alpha value is -1.49. The molecule has 1 aromatic rings. The van der Waals surface area contributed by atoms with Crippen LogP contribution in [-0.4, -0.2) is 35.1 Å². The molecule has 0 spiro atoms. The first-order valence-corrected chi connectivity index (χ1v) is 7.35. The van der Waals surface area contributed by atoms with Gasteiger partial charge in [-0.1, -0.05) is 19.8 Å². The second-order valence-electron chi connectivity index (χ2n) is 5.47. The fraction of sp³-hybridized carbons (Fsp3) is 0.667. The molecule has 1 aromatic heterocycles. The Kier molecular flexibility index (Phi) is 5.47. The summed E-state index contributed by atoms with van der Waals surface area (Å²) in [5.41, 5.74) is 1.15. The number of nitrogens with one attached hydrogen (secondary N) is 1. The molecule has 2 atom stereocenters. The summed E-state index contributed by atoms with van der Waals surface area (Å²) in [6.07, 6.45) is 8.38. The van der Waals surface area contributed by atoms with Crippen molar-refractivity contribution in [2.45, 2.75) is 45.6 Å². The van der Waals surface area contributed by atoms with E-state index in [4.69, 9.17) is 4.74 Å². The van der Waals surface area contributed by atoms with Crippen LogP contribution in [0.3, 0.4) is 0 Å². The van der Waals surface area contributed by atoms with E-state index < -0.39 is 0 Å². The lowest BCUT2D eigenvalue weighted by atomic mass is 9.88. The number of hydrogen-bond acceptors (Lipinski definition) is 4. The highest BCUT2D eigenvalue weighted by Crippen LogP contribution is 2.25. The largest absolute Gasteiger partial charge is 0.376 e. The molecule has 0 saturated heterocycles. The van der Waals surface area contributed by atoms with Crippen molar-refractivity contribution in [2.75, 3.05) is 13.2 Å². The lowest BCUT2D eigenvalue weighted by Gasteiger charge is -2.28. The van der Waals surface area contributed by atoms with Crippen LogP contribution >= 0.6 is 0 Å². The Labute approximate surface area is 120 Å². The van der Waals surface area contributed by atoms with Gasteiger partial charge in [-0.05, 0) is 25.7 Å². The van der Waals surface area contributed by atoms with Gasteiger partial charge in [0, 0.05) is 12.7 Å². The number of amides is 1. The predicted octanol–water partition coefficient (Wildman–Crippen LogP) is 2.11. The summed E-state index contributed by atoms with van der Waals surface area (Å²) < 4.78 is 5.85. The fourth-order valence-corrected chi connectivity index (χ4v) is 2.51. The Balaban J connectivity index is 1.67. The van der Waals surface area contributed by atoms with E-state index in [2.05, 4.69) is 22.2 Å². The number of ether oxygens (including phenoxy) is 1. The van der Waals surface area contributed by atoms with Crippen molar-refractivity contribution in [2.24, 2.45) is 5.92 Å². The molecule has 0 aromatic carbocycles. The lowest BCUT2D eigenvalue weighted by Crippen LogP contribution is -2.32. The van der Waals surface area contributed by atoms with E-state index in [9.17, 15) is 4.79 Å². The van der Waals surface area contributed by atoms with E-state index in [1.54, 1.807) is 6.20 Å². The molecular formula is C15H23N3O2. The molecule has 2 rings (SSSR count). The number of rotatable bonds is 5. The fourth-order valence-electron chi connectivity index (χ4n) is 2.51. The van der Waals surface area contributed by atoms with E-state index in [-0.39, 0.29) is 5.91 Å². The minimum atomic E-state index is -0.196. The SMILES string of the molecule is Cc1cnc(C(=O)NCCO[C@H]2CCCC[C@H]2C)cn1. The molecule has 1 heterocycles. The minimum Gasteiger partial charge on any atom is -0.376 e. The number of aromatic nitrogens is 2. The molecule has 0 radical (unpaired) electrons. The third-order valence-electron chi connectivity index (χ3n) is 3.77. The molecule has 1 aliphatic rings. The second kappa shape index (κ2) is 7.33.